The molecule has 1 aromatic rings. The third-order valence-electron chi connectivity index (χ3n) is 2.59. The summed E-state index contributed by atoms with van der Waals surface area (Å²) in [4.78, 5) is 11.7. The fourth-order valence-electron chi connectivity index (χ4n) is 1.79. The molecular formula is C10H14N2O. The van der Waals surface area contributed by atoms with Gasteiger partial charge in [-0.15, -0.1) is 0 Å². The van der Waals surface area contributed by atoms with Gasteiger partial charge in [0, 0.05) is 18.3 Å². The number of nitrogens with one attached hydrogen (secondary N) is 1. The first-order chi connectivity index (χ1) is 6.29. The highest BCUT2D eigenvalue weighted by Gasteiger charge is 2.16. The molecule has 3 nitrogen and oxygen atoms in total. The smallest absolute Gasteiger partial charge is 0.253 e. The molecule has 70 valence electrons. The lowest BCUT2D eigenvalue weighted by Crippen LogP contribution is -2.26. The SMILES string of the molecule is Cc1cccn(C2CCNC2)c1=O. The van der Waals surface area contributed by atoms with E-state index in [1.807, 2.05) is 29.8 Å². The van der Waals surface area contributed by atoms with Crippen LogP contribution in [-0.2, 0) is 0 Å². The van der Waals surface area contributed by atoms with Crippen LogP contribution in [0, 0.1) is 6.92 Å². The summed E-state index contributed by atoms with van der Waals surface area (Å²) < 4.78 is 1.84. The molecule has 0 spiro atoms. The van der Waals surface area contributed by atoms with E-state index in [0.717, 1.165) is 25.1 Å². The van der Waals surface area contributed by atoms with Gasteiger partial charge in [0.2, 0.25) is 0 Å². The highest BCUT2D eigenvalue weighted by atomic mass is 16.1. The molecule has 3 heteroatoms. The third-order valence-corrected chi connectivity index (χ3v) is 2.59. The number of pyridine rings is 1. The number of aromatic nitrogens is 1. The van der Waals surface area contributed by atoms with Crippen molar-refractivity contribution in [1.82, 2.24) is 9.88 Å². The van der Waals surface area contributed by atoms with Crippen LogP contribution in [0.25, 0.3) is 0 Å². The van der Waals surface area contributed by atoms with E-state index >= 15 is 0 Å². The van der Waals surface area contributed by atoms with Crippen LogP contribution in [-0.4, -0.2) is 17.7 Å². The Morgan fingerprint density at radius 2 is 2.46 bits per heavy atom. The number of aryl methyl sites for hydroxylation is 1. The Labute approximate surface area is 77.4 Å². The van der Waals surface area contributed by atoms with Crippen LogP contribution in [0.4, 0.5) is 0 Å². The molecule has 1 unspecified atom stereocenters. The maximum absolute atomic E-state index is 11.7. The summed E-state index contributed by atoms with van der Waals surface area (Å²) in [7, 11) is 0. The van der Waals surface area contributed by atoms with Gasteiger partial charge in [0.05, 0.1) is 6.04 Å². The maximum atomic E-state index is 11.7. The van der Waals surface area contributed by atoms with Crippen LogP contribution in [0.3, 0.4) is 0 Å². The second-order valence-corrected chi connectivity index (χ2v) is 3.55. The minimum atomic E-state index is 0.149. The Morgan fingerprint density at radius 3 is 3.15 bits per heavy atom. The highest BCUT2D eigenvalue weighted by Crippen LogP contribution is 2.11. The zero-order chi connectivity index (χ0) is 9.26. The van der Waals surface area contributed by atoms with Gasteiger partial charge in [-0.05, 0) is 26.0 Å². The number of nitrogens with zero attached hydrogens (tertiary/aromatic N) is 1. The Kier molecular flexibility index (Phi) is 2.19. The highest BCUT2D eigenvalue weighted by molar-refractivity contribution is 5.08. The molecule has 0 bridgehead atoms. The predicted molar refractivity (Wildman–Crippen MR) is 52.0 cm³/mol. The lowest BCUT2D eigenvalue weighted by Gasteiger charge is -2.12. The standard InChI is InChI=1S/C10H14N2O/c1-8-3-2-6-12(10(8)13)9-4-5-11-7-9/h2-3,6,9,11H,4-5,7H2,1H3. The lowest BCUT2D eigenvalue weighted by atomic mass is 10.2. The maximum Gasteiger partial charge on any atom is 0.253 e. The molecule has 0 aliphatic carbocycles. The van der Waals surface area contributed by atoms with Crippen molar-refractivity contribution in [3.63, 3.8) is 0 Å². The van der Waals surface area contributed by atoms with E-state index in [0.29, 0.717) is 6.04 Å². The van der Waals surface area contributed by atoms with Crippen molar-refractivity contribution < 1.29 is 0 Å². The van der Waals surface area contributed by atoms with Crippen molar-refractivity contribution >= 4 is 0 Å². The zero-order valence-corrected chi connectivity index (χ0v) is 7.79. The minimum Gasteiger partial charge on any atom is -0.315 e. The van der Waals surface area contributed by atoms with Crippen molar-refractivity contribution in [3.05, 3.63) is 34.2 Å². The van der Waals surface area contributed by atoms with E-state index < -0.39 is 0 Å². The van der Waals surface area contributed by atoms with Crippen LogP contribution in [0.5, 0.6) is 0 Å². The molecule has 0 amide bonds. The lowest BCUT2D eigenvalue weighted by molar-refractivity contribution is 0.527. The van der Waals surface area contributed by atoms with E-state index in [9.17, 15) is 4.79 Å². The van der Waals surface area contributed by atoms with E-state index in [4.69, 9.17) is 0 Å². The molecule has 13 heavy (non-hydrogen) atoms. The minimum absolute atomic E-state index is 0.149. The summed E-state index contributed by atoms with van der Waals surface area (Å²) in [5.74, 6) is 0. The van der Waals surface area contributed by atoms with Crippen LogP contribution in [0.2, 0.25) is 0 Å². The molecule has 1 saturated heterocycles. The van der Waals surface area contributed by atoms with E-state index in [1.54, 1.807) is 0 Å². The topological polar surface area (TPSA) is 34.0 Å². The van der Waals surface area contributed by atoms with Crippen LogP contribution < -0.4 is 10.9 Å². The van der Waals surface area contributed by atoms with E-state index in [-0.39, 0.29) is 5.56 Å². The van der Waals surface area contributed by atoms with Crippen molar-refractivity contribution in [1.29, 1.82) is 0 Å². The average Bonchev–Trinajstić information content (AvgIpc) is 2.62. The van der Waals surface area contributed by atoms with Gasteiger partial charge in [-0.3, -0.25) is 4.79 Å². The van der Waals surface area contributed by atoms with Gasteiger partial charge in [0.1, 0.15) is 0 Å². The Morgan fingerprint density at radius 1 is 1.62 bits per heavy atom. The van der Waals surface area contributed by atoms with Gasteiger partial charge in [0.25, 0.3) is 5.56 Å². The molecule has 1 aliphatic heterocycles. The molecule has 1 aliphatic rings. The first-order valence-corrected chi connectivity index (χ1v) is 4.67. The van der Waals surface area contributed by atoms with E-state index in [1.165, 1.54) is 0 Å². The largest absolute Gasteiger partial charge is 0.315 e. The van der Waals surface area contributed by atoms with Gasteiger partial charge < -0.3 is 9.88 Å². The van der Waals surface area contributed by atoms with Gasteiger partial charge in [0.15, 0.2) is 0 Å². The summed E-state index contributed by atoms with van der Waals surface area (Å²) in [5, 5.41) is 3.26. The van der Waals surface area contributed by atoms with Gasteiger partial charge in [-0.2, -0.15) is 0 Å². The molecule has 1 aromatic heterocycles. The van der Waals surface area contributed by atoms with Gasteiger partial charge in [-0.25, -0.2) is 0 Å². The van der Waals surface area contributed by atoms with Gasteiger partial charge >= 0.3 is 0 Å². The molecule has 1 fully saturated rings. The molecule has 2 heterocycles. The molecule has 0 saturated carbocycles. The summed E-state index contributed by atoms with van der Waals surface area (Å²) in [5.41, 5.74) is 0.977. The summed E-state index contributed by atoms with van der Waals surface area (Å²) >= 11 is 0. The van der Waals surface area contributed by atoms with Crippen LogP contribution in [0.1, 0.15) is 18.0 Å². The van der Waals surface area contributed by atoms with Crippen molar-refractivity contribution in [3.8, 4) is 0 Å². The Hall–Kier alpha value is -1.09. The second-order valence-electron chi connectivity index (χ2n) is 3.55. The third kappa shape index (κ3) is 1.52. The first-order valence-electron chi connectivity index (χ1n) is 4.67. The molecule has 0 radical (unpaired) electrons. The molecular weight excluding hydrogens is 164 g/mol. The fourth-order valence-corrected chi connectivity index (χ4v) is 1.79. The number of hydrogen-bond acceptors (Lipinski definition) is 2. The Bertz CT molecular complexity index is 350. The van der Waals surface area contributed by atoms with Crippen LogP contribution >= 0.6 is 0 Å². The van der Waals surface area contributed by atoms with Gasteiger partial charge in [-0.1, -0.05) is 6.07 Å². The second kappa shape index (κ2) is 3.34. The van der Waals surface area contributed by atoms with Crippen molar-refractivity contribution in [2.45, 2.75) is 19.4 Å². The monoisotopic (exact) mass is 178 g/mol. The van der Waals surface area contributed by atoms with Crippen LogP contribution in [0.15, 0.2) is 23.1 Å². The summed E-state index contributed by atoms with van der Waals surface area (Å²) in [6.07, 6.45) is 2.94. The zero-order valence-electron chi connectivity index (χ0n) is 7.79. The fraction of sp³-hybridized carbons (Fsp3) is 0.500. The quantitative estimate of drug-likeness (QED) is 0.686. The molecule has 1 N–H and O–H groups in total. The van der Waals surface area contributed by atoms with Crippen molar-refractivity contribution in [2.24, 2.45) is 0 Å². The van der Waals surface area contributed by atoms with Crippen molar-refractivity contribution in [2.75, 3.05) is 13.1 Å². The normalized spacial score (nSPS) is 22.1. The molecule has 0 aromatic carbocycles. The first kappa shape index (κ1) is 8.51. The van der Waals surface area contributed by atoms with E-state index in [2.05, 4.69) is 5.32 Å². The molecule has 2 rings (SSSR count). The number of rotatable bonds is 1. The summed E-state index contributed by atoms with van der Waals surface area (Å²) in [6, 6.07) is 4.16. The Balaban J connectivity index is 2.39. The number of hydrogen-bond donors (Lipinski definition) is 1. The summed E-state index contributed by atoms with van der Waals surface area (Å²) in [6.45, 7) is 3.80. The average molecular weight is 178 g/mol. The molecule has 1 atom stereocenters. The predicted octanol–water partition coefficient (Wildman–Crippen LogP) is 0.691.